The molecule has 0 atom stereocenters. The van der Waals surface area contributed by atoms with E-state index in [9.17, 15) is 4.79 Å². The summed E-state index contributed by atoms with van der Waals surface area (Å²) in [6.07, 6.45) is 1.55. The van der Waals surface area contributed by atoms with Gasteiger partial charge in [-0.25, -0.2) is 0 Å². The summed E-state index contributed by atoms with van der Waals surface area (Å²) in [7, 11) is 0. The van der Waals surface area contributed by atoms with Crippen molar-refractivity contribution in [2.24, 2.45) is 0 Å². The van der Waals surface area contributed by atoms with Gasteiger partial charge in [-0.15, -0.1) is 0 Å². The van der Waals surface area contributed by atoms with E-state index in [1.54, 1.807) is 0 Å². The molecular weight excluding hydrogens is 260 g/mol. The van der Waals surface area contributed by atoms with E-state index >= 15 is 0 Å². The molecule has 2 aromatic carbocycles. The van der Waals surface area contributed by atoms with Crippen molar-refractivity contribution in [1.82, 2.24) is 0 Å². The van der Waals surface area contributed by atoms with Crippen molar-refractivity contribution in [3.8, 4) is 0 Å². The fourth-order valence-electron chi connectivity index (χ4n) is 2.05. The lowest BCUT2D eigenvalue weighted by Crippen LogP contribution is -2.09. The van der Waals surface area contributed by atoms with E-state index in [1.807, 2.05) is 31.2 Å². The van der Waals surface area contributed by atoms with E-state index in [0.717, 1.165) is 24.3 Å². The number of hydrogen-bond donors (Lipinski definition) is 2. The van der Waals surface area contributed by atoms with E-state index in [2.05, 4.69) is 41.8 Å². The average Bonchev–Trinajstić information content (AvgIpc) is 2.53. The van der Waals surface area contributed by atoms with E-state index in [1.165, 1.54) is 11.1 Å². The quantitative estimate of drug-likeness (QED) is 0.833. The zero-order valence-corrected chi connectivity index (χ0v) is 12.6. The molecule has 1 amide bonds. The number of aryl methyl sites for hydroxylation is 1. The normalized spacial score (nSPS) is 10.2. The summed E-state index contributed by atoms with van der Waals surface area (Å²) in [5.41, 5.74) is 4.43. The number of carbonyl (C=O) groups is 1. The first-order valence-corrected chi connectivity index (χ1v) is 7.43. The number of hydrogen-bond acceptors (Lipinski definition) is 2. The van der Waals surface area contributed by atoms with Crippen LogP contribution < -0.4 is 10.6 Å². The van der Waals surface area contributed by atoms with Crippen LogP contribution in [0.5, 0.6) is 0 Å². The third kappa shape index (κ3) is 4.63. The lowest BCUT2D eigenvalue weighted by molar-refractivity contribution is -0.115. The van der Waals surface area contributed by atoms with Crippen molar-refractivity contribution in [2.45, 2.75) is 33.2 Å². The van der Waals surface area contributed by atoms with Gasteiger partial charge in [0.15, 0.2) is 0 Å². The summed E-state index contributed by atoms with van der Waals surface area (Å²) in [6, 6.07) is 16.4. The Morgan fingerprint density at radius 1 is 0.952 bits per heavy atom. The van der Waals surface area contributed by atoms with Crippen LogP contribution in [-0.4, -0.2) is 5.91 Å². The van der Waals surface area contributed by atoms with Gasteiger partial charge in [-0.1, -0.05) is 44.2 Å². The van der Waals surface area contributed by atoms with E-state index in [0.29, 0.717) is 6.42 Å². The first-order chi connectivity index (χ1) is 10.2. The van der Waals surface area contributed by atoms with Crippen molar-refractivity contribution < 1.29 is 4.79 Å². The van der Waals surface area contributed by atoms with E-state index in [4.69, 9.17) is 0 Å². The Hall–Kier alpha value is -2.29. The average molecular weight is 282 g/mol. The second kappa shape index (κ2) is 7.48. The fraction of sp³-hybridized carbons (Fsp3) is 0.278. The highest BCUT2D eigenvalue weighted by Crippen LogP contribution is 2.16. The Morgan fingerprint density at radius 3 is 2.29 bits per heavy atom. The summed E-state index contributed by atoms with van der Waals surface area (Å²) >= 11 is 0. The molecule has 0 heterocycles. The van der Waals surface area contributed by atoms with Crippen LogP contribution >= 0.6 is 0 Å². The topological polar surface area (TPSA) is 41.1 Å². The van der Waals surface area contributed by atoms with Gasteiger partial charge in [-0.3, -0.25) is 4.79 Å². The van der Waals surface area contributed by atoms with Crippen LogP contribution in [0.4, 0.5) is 11.4 Å². The molecule has 2 N–H and O–H groups in total. The van der Waals surface area contributed by atoms with E-state index in [-0.39, 0.29) is 5.91 Å². The standard InChI is InChI=1S/C18H22N2O/c1-3-14-8-10-15(11-9-14)13-19-16-6-5-7-17(12-16)20-18(21)4-2/h5-12,19H,3-4,13H2,1-2H3,(H,20,21). The highest BCUT2D eigenvalue weighted by atomic mass is 16.1. The predicted octanol–water partition coefficient (Wildman–Crippen LogP) is 4.21. The monoisotopic (exact) mass is 282 g/mol. The molecule has 110 valence electrons. The molecule has 0 aromatic heterocycles. The highest BCUT2D eigenvalue weighted by molar-refractivity contribution is 5.90. The van der Waals surface area contributed by atoms with Gasteiger partial charge in [-0.2, -0.15) is 0 Å². The minimum atomic E-state index is 0.0299. The number of nitrogens with one attached hydrogen (secondary N) is 2. The van der Waals surface area contributed by atoms with Gasteiger partial charge >= 0.3 is 0 Å². The summed E-state index contributed by atoms with van der Waals surface area (Å²) < 4.78 is 0. The maximum Gasteiger partial charge on any atom is 0.224 e. The van der Waals surface area contributed by atoms with Gasteiger partial charge in [0, 0.05) is 24.3 Å². The Morgan fingerprint density at radius 2 is 1.62 bits per heavy atom. The molecule has 0 saturated carbocycles. The highest BCUT2D eigenvalue weighted by Gasteiger charge is 2.00. The molecule has 0 aliphatic rings. The van der Waals surface area contributed by atoms with E-state index < -0.39 is 0 Å². The first kappa shape index (κ1) is 15.1. The minimum Gasteiger partial charge on any atom is -0.381 e. The molecule has 0 saturated heterocycles. The van der Waals surface area contributed by atoms with Gasteiger partial charge in [0.1, 0.15) is 0 Å². The van der Waals surface area contributed by atoms with Gasteiger partial charge in [0.2, 0.25) is 5.91 Å². The molecule has 0 radical (unpaired) electrons. The molecule has 2 aromatic rings. The second-order valence-corrected chi connectivity index (χ2v) is 5.01. The molecule has 0 fully saturated rings. The smallest absolute Gasteiger partial charge is 0.224 e. The molecular formula is C18H22N2O. The SMILES string of the molecule is CCC(=O)Nc1cccc(NCc2ccc(CC)cc2)c1. The molecule has 3 heteroatoms. The molecule has 0 bridgehead atoms. The maximum atomic E-state index is 11.4. The number of anilines is 2. The fourth-order valence-corrected chi connectivity index (χ4v) is 2.05. The predicted molar refractivity (Wildman–Crippen MR) is 88.5 cm³/mol. The maximum absolute atomic E-state index is 11.4. The van der Waals surface area contributed by atoms with Crippen molar-refractivity contribution in [1.29, 1.82) is 0 Å². The number of amides is 1. The molecule has 0 spiro atoms. The third-order valence-corrected chi connectivity index (χ3v) is 3.40. The second-order valence-electron chi connectivity index (χ2n) is 5.01. The molecule has 0 aliphatic carbocycles. The summed E-state index contributed by atoms with van der Waals surface area (Å²) in [4.78, 5) is 11.4. The Balaban J connectivity index is 1.96. The van der Waals surface area contributed by atoms with Crippen LogP contribution in [0.1, 0.15) is 31.4 Å². The summed E-state index contributed by atoms with van der Waals surface area (Å²) in [5.74, 6) is 0.0299. The van der Waals surface area contributed by atoms with Crippen molar-refractivity contribution >= 4 is 17.3 Å². The van der Waals surface area contributed by atoms with Crippen LogP contribution in [-0.2, 0) is 17.8 Å². The van der Waals surface area contributed by atoms with Crippen molar-refractivity contribution in [3.05, 3.63) is 59.7 Å². The minimum absolute atomic E-state index is 0.0299. The Kier molecular flexibility index (Phi) is 5.38. The molecule has 3 nitrogen and oxygen atoms in total. The van der Waals surface area contributed by atoms with Crippen LogP contribution in [0.3, 0.4) is 0 Å². The lowest BCUT2D eigenvalue weighted by atomic mass is 10.1. The number of carbonyl (C=O) groups excluding carboxylic acids is 1. The largest absolute Gasteiger partial charge is 0.381 e. The molecule has 0 aliphatic heterocycles. The Bertz CT molecular complexity index is 590. The molecule has 2 rings (SSSR count). The first-order valence-electron chi connectivity index (χ1n) is 7.43. The van der Waals surface area contributed by atoms with Gasteiger partial charge in [-0.05, 0) is 35.7 Å². The van der Waals surface area contributed by atoms with Crippen molar-refractivity contribution in [3.63, 3.8) is 0 Å². The molecule has 0 unspecified atom stereocenters. The van der Waals surface area contributed by atoms with Gasteiger partial charge < -0.3 is 10.6 Å². The summed E-state index contributed by atoms with van der Waals surface area (Å²) in [6.45, 7) is 4.77. The van der Waals surface area contributed by atoms with Crippen molar-refractivity contribution in [2.75, 3.05) is 10.6 Å². The lowest BCUT2D eigenvalue weighted by Gasteiger charge is -2.09. The molecule has 21 heavy (non-hydrogen) atoms. The number of rotatable bonds is 6. The zero-order chi connectivity index (χ0) is 15.1. The summed E-state index contributed by atoms with van der Waals surface area (Å²) in [5, 5.41) is 6.25. The zero-order valence-electron chi connectivity index (χ0n) is 12.6. The number of benzene rings is 2. The van der Waals surface area contributed by atoms with Crippen LogP contribution in [0, 0.1) is 0 Å². The van der Waals surface area contributed by atoms with Crippen LogP contribution in [0.15, 0.2) is 48.5 Å². The van der Waals surface area contributed by atoms with Crippen LogP contribution in [0.2, 0.25) is 0 Å². The van der Waals surface area contributed by atoms with Crippen LogP contribution in [0.25, 0.3) is 0 Å². The van der Waals surface area contributed by atoms with Gasteiger partial charge in [0.05, 0.1) is 0 Å². The third-order valence-electron chi connectivity index (χ3n) is 3.40. The van der Waals surface area contributed by atoms with Gasteiger partial charge in [0.25, 0.3) is 0 Å². The Labute approximate surface area is 126 Å².